The van der Waals surface area contributed by atoms with E-state index >= 15 is 0 Å². The van der Waals surface area contributed by atoms with Crippen molar-refractivity contribution in [2.45, 2.75) is 25.1 Å². The largest absolute Gasteiger partial charge is 0.457 e. The van der Waals surface area contributed by atoms with E-state index in [1.165, 1.54) is 0 Å². The van der Waals surface area contributed by atoms with E-state index in [1.54, 1.807) is 7.11 Å². The number of methoxy groups -OCH3 is 1. The summed E-state index contributed by atoms with van der Waals surface area (Å²) < 4.78 is 11.7. The second kappa shape index (κ2) is 8.51. The number of ether oxygens (including phenoxy) is 2. The van der Waals surface area contributed by atoms with Crippen LogP contribution in [0.4, 0.5) is 0 Å². The molecular formula is C22H29N5O2. The van der Waals surface area contributed by atoms with Gasteiger partial charge in [-0.15, -0.1) is 0 Å². The van der Waals surface area contributed by atoms with Gasteiger partial charge < -0.3 is 14.8 Å². The van der Waals surface area contributed by atoms with Gasteiger partial charge in [0.25, 0.3) is 0 Å². The molecule has 2 aliphatic heterocycles. The lowest BCUT2D eigenvalue weighted by Crippen LogP contribution is -2.57. The first-order chi connectivity index (χ1) is 14.1. The summed E-state index contributed by atoms with van der Waals surface area (Å²) in [6.07, 6.45) is 1.09. The molecule has 0 saturated carbocycles. The molecule has 3 atom stereocenters. The molecule has 0 aliphatic carbocycles. The van der Waals surface area contributed by atoms with Crippen molar-refractivity contribution in [1.29, 1.82) is 0 Å². The van der Waals surface area contributed by atoms with E-state index in [-0.39, 0.29) is 5.92 Å². The van der Waals surface area contributed by atoms with Gasteiger partial charge in [0.1, 0.15) is 17.2 Å². The van der Waals surface area contributed by atoms with Gasteiger partial charge in [-0.05, 0) is 61.9 Å². The maximum Gasteiger partial charge on any atom is 0.138 e. The summed E-state index contributed by atoms with van der Waals surface area (Å²) >= 11 is 0. The summed E-state index contributed by atoms with van der Waals surface area (Å²) in [5.74, 6) is 7.47. The Balaban J connectivity index is 1.59. The fourth-order valence-corrected chi connectivity index (χ4v) is 3.96. The fraction of sp³-hybridized carbons (Fsp3) is 0.409. The molecule has 29 heavy (non-hydrogen) atoms. The molecule has 1 fully saturated rings. The van der Waals surface area contributed by atoms with E-state index in [9.17, 15) is 0 Å². The molecule has 4 N–H and O–H groups in total. The lowest BCUT2D eigenvalue weighted by atomic mass is 9.88. The predicted octanol–water partition coefficient (Wildman–Crippen LogP) is 2.30. The molecule has 0 aromatic heterocycles. The number of rotatable bonds is 7. The van der Waals surface area contributed by atoms with Crippen LogP contribution in [0.2, 0.25) is 0 Å². The lowest BCUT2D eigenvalue weighted by Gasteiger charge is -2.34. The van der Waals surface area contributed by atoms with Crippen LogP contribution in [-0.2, 0) is 4.74 Å². The summed E-state index contributed by atoms with van der Waals surface area (Å²) in [5.41, 5.74) is 4.17. The highest BCUT2D eigenvalue weighted by atomic mass is 16.5. The zero-order valence-corrected chi connectivity index (χ0v) is 17.0. The number of nitrogens with two attached hydrogens (primary N) is 1. The molecule has 0 amide bonds. The number of benzene rings is 2. The zero-order valence-electron chi connectivity index (χ0n) is 17.0. The molecule has 7 nitrogen and oxygen atoms in total. The number of hydrazine groups is 1. The van der Waals surface area contributed by atoms with Crippen LogP contribution >= 0.6 is 0 Å². The van der Waals surface area contributed by atoms with Crippen LogP contribution in [0.5, 0.6) is 11.5 Å². The van der Waals surface area contributed by atoms with Crippen molar-refractivity contribution in [3.8, 4) is 11.5 Å². The van der Waals surface area contributed by atoms with Gasteiger partial charge in [0, 0.05) is 20.2 Å². The van der Waals surface area contributed by atoms with E-state index in [4.69, 9.17) is 20.4 Å². The van der Waals surface area contributed by atoms with Crippen molar-refractivity contribution < 1.29 is 9.47 Å². The SMILES string of the molecule is COC(C)(NN)C1CN([C@@H]2CCNC2)N=C1c1ccc(Oc2ccccc2)cc1. The quantitative estimate of drug-likeness (QED) is 0.379. The Labute approximate surface area is 171 Å². The summed E-state index contributed by atoms with van der Waals surface area (Å²) in [7, 11) is 1.67. The second-order valence-corrected chi connectivity index (χ2v) is 7.70. The van der Waals surface area contributed by atoms with E-state index in [0.29, 0.717) is 6.04 Å². The van der Waals surface area contributed by atoms with E-state index in [2.05, 4.69) is 15.8 Å². The summed E-state index contributed by atoms with van der Waals surface area (Å²) in [6.45, 7) is 4.71. The number of nitrogens with zero attached hydrogens (tertiary/aromatic N) is 2. The van der Waals surface area contributed by atoms with Crippen LogP contribution in [-0.4, -0.2) is 49.2 Å². The van der Waals surface area contributed by atoms with Crippen LogP contribution < -0.4 is 21.3 Å². The van der Waals surface area contributed by atoms with Crippen LogP contribution in [0.1, 0.15) is 18.9 Å². The Morgan fingerprint density at radius 1 is 1.14 bits per heavy atom. The topological polar surface area (TPSA) is 84.1 Å². The molecule has 154 valence electrons. The van der Waals surface area contributed by atoms with Gasteiger partial charge in [-0.2, -0.15) is 5.10 Å². The molecule has 2 heterocycles. The average molecular weight is 396 g/mol. The zero-order chi connectivity index (χ0) is 20.3. The molecule has 2 aromatic rings. The number of para-hydroxylation sites is 1. The highest BCUT2D eigenvalue weighted by molar-refractivity contribution is 6.04. The predicted molar refractivity (Wildman–Crippen MR) is 114 cm³/mol. The highest BCUT2D eigenvalue weighted by Gasteiger charge is 2.44. The third kappa shape index (κ3) is 4.13. The van der Waals surface area contributed by atoms with Crippen LogP contribution in [0.25, 0.3) is 0 Å². The first kappa shape index (κ1) is 19.8. The molecule has 0 spiro atoms. The molecule has 2 unspecified atom stereocenters. The Bertz CT molecular complexity index is 830. The van der Waals surface area contributed by atoms with Crippen molar-refractivity contribution in [1.82, 2.24) is 15.8 Å². The van der Waals surface area contributed by atoms with Crippen molar-refractivity contribution in [3.05, 3.63) is 60.2 Å². The van der Waals surface area contributed by atoms with Gasteiger partial charge in [0.15, 0.2) is 0 Å². The van der Waals surface area contributed by atoms with Crippen LogP contribution in [0.15, 0.2) is 59.7 Å². The minimum atomic E-state index is -0.709. The standard InChI is InChI=1S/C22H29N5O2/c1-22(26-23,28-2)20-15-27(17-12-13-24-14-17)25-21(20)16-8-10-19(11-9-16)29-18-6-4-3-5-7-18/h3-11,17,20,24,26H,12-15,23H2,1-2H3/t17-,20?,22?/m1/s1. The van der Waals surface area contributed by atoms with Crippen molar-refractivity contribution in [2.75, 3.05) is 26.7 Å². The summed E-state index contributed by atoms with van der Waals surface area (Å²) in [4.78, 5) is 0. The number of hydrogen-bond acceptors (Lipinski definition) is 7. The van der Waals surface area contributed by atoms with Crippen LogP contribution in [0.3, 0.4) is 0 Å². The van der Waals surface area contributed by atoms with Gasteiger partial charge in [0.2, 0.25) is 0 Å². The Morgan fingerprint density at radius 2 is 1.86 bits per heavy atom. The average Bonchev–Trinajstić information content (AvgIpc) is 3.45. The van der Waals surface area contributed by atoms with Crippen molar-refractivity contribution in [2.24, 2.45) is 16.9 Å². The molecular weight excluding hydrogens is 366 g/mol. The Kier molecular flexibility index (Phi) is 5.82. The Hall–Kier alpha value is -2.45. The Morgan fingerprint density at radius 3 is 2.48 bits per heavy atom. The van der Waals surface area contributed by atoms with Gasteiger partial charge in [-0.1, -0.05) is 18.2 Å². The maximum absolute atomic E-state index is 5.92. The normalized spacial score (nSPS) is 23.7. The van der Waals surface area contributed by atoms with E-state index < -0.39 is 5.72 Å². The van der Waals surface area contributed by atoms with E-state index in [0.717, 1.165) is 48.8 Å². The number of hydrogen-bond donors (Lipinski definition) is 3. The number of nitrogens with one attached hydrogen (secondary N) is 2. The van der Waals surface area contributed by atoms with Gasteiger partial charge in [0.05, 0.1) is 17.7 Å². The minimum absolute atomic E-state index is 0.000934. The fourth-order valence-electron chi connectivity index (χ4n) is 3.96. The third-order valence-electron chi connectivity index (χ3n) is 5.90. The minimum Gasteiger partial charge on any atom is -0.457 e. The summed E-state index contributed by atoms with van der Waals surface area (Å²) in [5, 5.41) is 10.6. The third-order valence-corrected chi connectivity index (χ3v) is 5.90. The lowest BCUT2D eigenvalue weighted by molar-refractivity contribution is -0.0545. The maximum atomic E-state index is 5.92. The highest BCUT2D eigenvalue weighted by Crippen LogP contribution is 2.32. The molecule has 1 saturated heterocycles. The van der Waals surface area contributed by atoms with Crippen molar-refractivity contribution >= 4 is 5.71 Å². The number of hydrazone groups is 1. The molecule has 4 rings (SSSR count). The van der Waals surface area contributed by atoms with E-state index in [1.807, 2.05) is 61.5 Å². The van der Waals surface area contributed by atoms with Crippen LogP contribution in [0, 0.1) is 5.92 Å². The molecule has 0 bridgehead atoms. The van der Waals surface area contributed by atoms with Gasteiger partial charge in [-0.25, -0.2) is 5.43 Å². The summed E-state index contributed by atoms with van der Waals surface area (Å²) in [6, 6.07) is 18.2. The van der Waals surface area contributed by atoms with Gasteiger partial charge in [-0.3, -0.25) is 10.9 Å². The molecule has 0 radical (unpaired) electrons. The van der Waals surface area contributed by atoms with Gasteiger partial charge >= 0.3 is 0 Å². The first-order valence-electron chi connectivity index (χ1n) is 10.0. The van der Waals surface area contributed by atoms with Crippen molar-refractivity contribution in [3.63, 3.8) is 0 Å². The second-order valence-electron chi connectivity index (χ2n) is 7.70. The molecule has 2 aromatic carbocycles. The smallest absolute Gasteiger partial charge is 0.138 e. The first-order valence-corrected chi connectivity index (χ1v) is 10.0. The molecule has 2 aliphatic rings. The monoisotopic (exact) mass is 395 g/mol. The molecule has 7 heteroatoms.